The minimum Gasteiger partial charge on any atom is -0.342 e. The quantitative estimate of drug-likeness (QED) is 0.728. The lowest BCUT2D eigenvalue weighted by atomic mass is 10.1. The topological polar surface area (TPSA) is 64.2 Å². The van der Waals surface area contributed by atoms with Crippen molar-refractivity contribution in [1.82, 2.24) is 14.7 Å². The van der Waals surface area contributed by atoms with E-state index in [9.17, 15) is 14.4 Å². The lowest BCUT2D eigenvalue weighted by molar-refractivity contribution is -0.138. The number of hydrogen-bond acceptors (Lipinski definition) is 4. The number of nitrogens with zero attached hydrogens (tertiary/aromatic N) is 4. The Balaban J connectivity index is 1.27. The summed E-state index contributed by atoms with van der Waals surface area (Å²) in [6.45, 7) is 5.18. The van der Waals surface area contributed by atoms with E-state index in [0.29, 0.717) is 44.3 Å². The van der Waals surface area contributed by atoms with Crippen LogP contribution in [-0.2, 0) is 14.4 Å². The average molecular weight is 433 g/mol. The predicted molar refractivity (Wildman–Crippen MR) is 115 cm³/mol. The number of anilines is 1. The fraction of sp³-hybridized carbons (Fsp3) is 0.591. The number of rotatable bonds is 4. The average Bonchev–Trinajstić information content (AvgIpc) is 3.16. The molecule has 1 unspecified atom stereocenters. The van der Waals surface area contributed by atoms with Crippen LogP contribution in [0.15, 0.2) is 24.3 Å². The van der Waals surface area contributed by atoms with Gasteiger partial charge in [-0.3, -0.25) is 19.3 Å². The summed E-state index contributed by atoms with van der Waals surface area (Å²) in [5.74, 6) is -0.123. The molecule has 1 atom stereocenters. The van der Waals surface area contributed by atoms with Crippen LogP contribution in [0.1, 0.15) is 25.7 Å². The van der Waals surface area contributed by atoms with Crippen LogP contribution in [0.5, 0.6) is 0 Å². The number of carbonyl (C=O) groups is 3. The third kappa shape index (κ3) is 4.78. The van der Waals surface area contributed by atoms with Gasteiger partial charge in [0.25, 0.3) is 0 Å². The first-order valence-electron chi connectivity index (χ1n) is 10.9. The smallest absolute Gasteiger partial charge is 0.236 e. The van der Waals surface area contributed by atoms with E-state index in [0.717, 1.165) is 31.6 Å². The highest BCUT2D eigenvalue weighted by Crippen LogP contribution is 2.28. The monoisotopic (exact) mass is 432 g/mol. The largest absolute Gasteiger partial charge is 0.342 e. The molecule has 3 aliphatic heterocycles. The van der Waals surface area contributed by atoms with Gasteiger partial charge in [-0.1, -0.05) is 17.7 Å². The fourth-order valence-corrected chi connectivity index (χ4v) is 4.77. The molecular weight excluding hydrogens is 404 g/mol. The molecule has 3 saturated heterocycles. The number of hydrogen-bond donors (Lipinski definition) is 0. The van der Waals surface area contributed by atoms with Gasteiger partial charge in [0.05, 0.1) is 12.5 Å². The second kappa shape index (κ2) is 9.35. The molecule has 0 N–H and O–H groups in total. The Morgan fingerprint density at radius 2 is 1.70 bits per heavy atom. The highest BCUT2D eigenvalue weighted by molar-refractivity contribution is 6.31. The standard InChI is InChI=1S/C22H29ClN4O3/c23-18-5-4-6-19(14-18)27-15-17(13-20(27)28)22(30)26-11-9-24(10-12-26)16-21(29)25-7-2-1-3-8-25/h4-6,14,17H,1-3,7-13,15-16H2. The molecule has 0 aromatic heterocycles. The Hall–Kier alpha value is -2.12. The highest BCUT2D eigenvalue weighted by Gasteiger charge is 2.38. The highest BCUT2D eigenvalue weighted by atomic mass is 35.5. The maximum atomic E-state index is 13.0. The first-order valence-corrected chi connectivity index (χ1v) is 11.2. The van der Waals surface area contributed by atoms with Crippen LogP contribution in [0.2, 0.25) is 5.02 Å². The van der Waals surface area contributed by atoms with Crippen molar-refractivity contribution >= 4 is 35.0 Å². The van der Waals surface area contributed by atoms with Crippen molar-refractivity contribution in [2.45, 2.75) is 25.7 Å². The summed E-state index contributed by atoms with van der Waals surface area (Å²) in [5, 5.41) is 0.574. The molecule has 3 fully saturated rings. The minimum atomic E-state index is -0.321. The van der Waals surface area contributed by atoms with E-state index in [1.165, 1.54) is 6.42 Å². The molecule has 3 heterocycles. The van der Waals surface area contributed by atoms with Gasteiger partial charge in [0.2, 0.25) is 17.7 Å². The molecule has 0 radical (unpaired) electrons. The Labute approximate surface area is 182 Å². The Kier molecular flexibility index (Phi) is 6.58. The van der Waals surface area contributed by atoms with E-state index in [2.05, 4.69) is 4.90 Å². The number of halogens is 1. The van der Waals surface area contributed by atoms with Gasteiger partial charge in [-0.25, -0.2) is 0 Å². The molecular formula is C22H29ClN4O3. The van der Waals surface area contributed by atoms with Gasteiger partial charge in [-0.05, 0) is 37.5 Å². The zero-order chi connectivity index (χ0) is 21.1. The molecule has 8 heteroatoms. The summed E-state index contributed by atoms with van der Waals surface area (Å²) in [7, 11) is 0. The first-order chi connectivity index (χ1) is 14.5. The maximum absolute atomic E-state index is 13.0. The van der Waals surface area contributed by atoms with Crippen LogP contribution in [-0.4, -0.2) is 84.8 Å². The van der Waals surface area contributed by atoms with E-state index in [1.807, 2.05) is 21.9 Å². The molecule has 30 heavy (non-hydrogen) atoms. The first kappa shape index (κ1) is 21.1. The maximum Gasteiger partial charge on any atom is 0.236 e. The van der Waals surface area contributed by atoms with Crippen molar-refractivity contribution < 1.29 is 14.4 Å². The summed E-state index contributed by atoms with van der Waals surface area (Å²) in [6.07, 6.45) is 3.64. The zero-order valence-corrected chi connectivity index (χ0v) is 18.0. The Morgan fingerprint density at radius 1 is 0.967 bits per heavy atom. The van der Waals surface area contributed by atoms with Crippen molar-refractivity contribution in [3.63, 3.8) is 0 Å². The van der Waals surface area contributed by atoms with Gasteiger partial charge in [0.15, 0.2) is 0 Å². The second-order valence-corrected chi connectivity index (χ2v) is 8.86. The lowest BCUT2D eigenvalue weighted by Gasteiger charge is -2.37. The molecule has 0 saturated carbocycles. The van der Waals surface area contributed by atoms with Gasteiger partial charge in [-0.15, -0.1) is 0 Å². The van der Waals surface area contributed by atoms with Crippen LogP contribution in [0, 0.1) is 5.92 Å². The summed E-state index contributed by atoms with van der Waals surface area (Å²) in [5.41, 5.74) is 0.740. The Morgan fingerprint density at radius 3 is 2.40 bits per heavy atom. The number of piperidine rings is 1. The van der Waals surface area contributed by atoms with Crippen molar-refractivity contribution in [3.05, 3.63) is 29.3 Å². The van der Waals surface area contributed by atoms with Gasteiger partial charge in [0.1, 0.15) is 0 Å². The van der Waals surface area contributed by atoms with Crippen LogP contribution < -0.4 is 4.90 Å². The van der Waals surface area contributed by atoms with E-state index < -0.39 is 0 Å². The van der Waals surface area contributed by atoms with Crippen LogP contribution in [0.4, 0.5) is 5.69 Å². The number of benzene rings is 1. The second-order valence-electron chi connectivity index (χ2n) is 8.43. The summed E-state index contributed by atoms with van der Waals surface area (Å²) in [6, 6.07) is 7.17. The van der Waals surface area contributed by atoms with Gasteiger partial charge in [0, 0.05) is 62.9 Å². The van der Waals surface area contributed by atoms with Gasteiger partial charge < -0.3 is 14.7 Å². The number of likely N-dealkylation sites (tertiary alicyclic amines) is 1. The van der Waals surface area contributed by atoms with E-state index >= 15 is 0 Å². The van der Waals surface area contributed by atoms with E-state index in [-0.39, 0.29) is 30.1 Å². The SMILES string of the molecule is O=C(CN1CCN(C(=O)C2CC(=O)N(c3cccc(Cl)c3)C2)CC1)N1CCCCC1. The molecule has 0 bridgehead atoms. The fourth-order valence-electron chi connectivity index (χ4n) is 4.59. The molecule has 3 amide bonds. The van der Waals surface area contributed by atoms with Crippen LogP contribution >= 0.6 is 11.6 Å². The van der Waals surface area contributed by atoms with Crippen LogP contribution in [0.25, 0.3) is 0 Å². The molecule has 0 spiro atoms. The molecule has 7 nitrogen and oxygen atoms in total. The van der Waals surface area contributed by atoms with Gasteiger partial charge in [-0.2, -0.15) is 0 Å². The minimum absolute atomic E-state index is 0.0369. The molecule has 1 aromatic rings. The summed E-state index contributed by atoms with van der Waals surface area (Å²) in [4.78, 5) is 45.5. The zero-order valence-electron chi connectivity index (χ0n) is 17.3. The van der Waals surface area contributed by atoms with Crippen LogP contribution in [0.3, 0.4) is 0 Å². The van der Waals surface area contributed by atoms with Crippen molar-refractivity contribution in [3.8, 4) is 0 Å². The number of amides is 3. The number of piperazine rings is 1. The predicted octanol–water partition coefficient (Wildman–Crippen LogP) is 1.85. The summed E-state index contributed by atoms with van der Waals surface area (Å²) < 4.78 is 0. The third-order valence-electron chi connectivity index (χ3n) is 6.35. The molecule has 0 aliphatic carbocycles. The lowest BCUT2D eigenvalue weighted by Crippen LogP contribution is -2.53. The molecule has 4 rings (SSSR count). The molecule has 162 valence electrons. The van der Waals surface area contributed by atoms with Crippen molar-refractivity contribution in [2.24, 2.45) is 5.92 Å². The van der Waals surface area contributed by atoms with Crippen molar-refractivity contribution in [2.75, 3.05) is 57.3 Å². The molecule has 1 aromatic carbocycles. The van der Waals surface area contributed by atoms with E-state index in [1.54, 1.807) is 17.0 Å². The Bertz CT molecular complexity index is 803. The van der Waals surface area contributed by atoms with E-state index in [4.69, 9.17) is 11.6 Å². The normalized spacial score (nSPS) is 23.2. The molecule has 3 aliphatic rings. The third-order valence-corrected chi connectivity index (χ3v) is 6.58. The van der Waals surface area contributed by atoms with Gasteiger partial charge >= 0.3 is 0 Å². The summed E-state index contributed by atoms with van der Waals surface area (Å²) >= 11 is 6.05. The van der Waals surface area contributed by atoms with Crippen molar-refractivity contribution in [1.29, 1.82) is 0 Å². The number of carbonyl (C=O) groups excluding carboxylic acids is 3.